The summed E-state index contributed by atoms with van der Waals surface area (Å²) in [5, 5.41) is 19.5. The number of carbonyl (C=O) groups is 2. The maximum Gasteiger partial charge on any atom is 0.366 e. The molecule has 2 N–H and O–H groups in total. The van der Waals surface area contributed by atoms with E-state index in [0.29, 0.717) is 6.42 Å². The number of allylic oxidation sites excluding steroid dienone is 2. The maximum absolute atomic E-state index is 13.5. The summed E-state index contributed by atoms with van der Waals surface area (Å²) in [6, 6.07) is 5.53. The van der Waals surface area contributed by atoms with Gasteiger partial charge in [0, 0.05) is 31.2 Å². The molecule has 0 unspecified atom stereocenters. The first kappa shape index (κ1) is 23.5. The standard InChI is InChI=1S/C23H27FO6/c1-3-4-7-16-11-12-21(25)20(16)15-19(30-18-9-5-8-17(24)14-18)10-6-13-23(27,28)22(26)29-2/h4-9,14,16,20,27-28H,3,11-13,15H2,1-2H3/b7-4+/t10?,16-,20+/m0/s1. The third-order valence-corrected chi connectivity index (χ3v) is 4.88. The highest BCUT2D eigenvalue weighted by molar-refractivity contribution is 5.84. The molecule has 7 heteroatoms. The summed E-state index contributed by atoms with van der Waals surface area (Å²) in [6.07, 6.45) is 7.08. The van der Waals surface area contributed by atoms with Crippen molar-refractivity contribution in [3.63, 3.8) is 0 Å². The molecule has 6 nitrogen and oxygen atoms in total. The van der Waals surface area contributed by atoms with Gasteiger partial charge < -0.3 is 19.7 Å². The van der Waals surface area contributed by atoms with Crippen LogP contribution in [0.2, 0.25) is 0 Å². The van der Waals surface area contributed by atoms with Crippen LogP contribution in [-0.2, 0) is 14.3 Å². The molecular formula is C23H27FO6. The molecule has 0 spiro atoms. The van der Waals surface area contributed by atoms with E-state index in [0.717, 1.165) is 20.0 Å². The van der Waals surface area contributed by atoms with Crippen molar-refractivity contribution in [3.8, 4) is 5.75 Å². The molecule has 30 heavy (non-hydrogen) atoms. The quantitative estimate of drug-likeness (QED) is 0.210. The van der Waals surface area contributed by atoms with Crippen LogP contribution in [0.1, 0.15) is 39.0 Å². The number of ether oxygens (including phenoxy) is 2. The number of ketones is 1. The van der Waals surface area contributed by atoms with Gasteiger partial charge in [-0.05, 0) is 37.0 Å². The van der Waals surface area contributed by atoms with Crippen molar-refractivity contribution in [3.05, 3.63) is 59.8 Å². The number of methoxy groups -OCH3 is 1. The number of aliphatic hydroxyl groups is 2. The normalized spacial score (nSPS) is 18.9. The molecule has 1 aliphatic carbocycles. The van der Waals surface area contributed by atoms with Crippen LogP contribution in [0.3, 0.4) is 0 Å². The highest BCUT2D eigenvalue weighted by Gasteiger charge is 2.35. The molecule has 1 saturated carbocycles. The molecule has 1 aromatic carbocycles. The second-order valence-corrected chi connectivity index (χ2v) is 7.16. The smallest absolute Gasteiger partial charge is 0.366 e. The van der Waals surface area contributed by atoms with Gasteiger partial charge in [0.05, 0.1) is 7.11 Å². The van der Waals surface area contributed by atoms with E-state index in [-0.39, 0.29) is 35.5 Å². The first-order valence-electron chi connectivity index (χ1n) is 9.86. The Morgan fingerprint density at radius 2 is 2.17 bits per heavy atom. The van der Waals surface area contributed by atoms with E-state index in [9.17, 15) is 24.2 Å². The van der Waals surface area contributed by atoms with Crippen molar-refractivity contribution < 1.29 is 33.7 Å². The van der Waals surface area contributed by atoms with Crippen molar-refractivity contribution >= 4 is 11.8 Å². The molecule has 0 aromatic heterocycles. The first-order chi connectivity index (χ1) is 14.3. The third-order valence-electron chi connectivity index (χ3n) is 4.88. The van der Waals surface area contributed by atoms with Gasteiger partial charge in [-0.25, -0.2) is 9.18 Å². The maximum atomic E-state index is 13.5. The predicted molar refractivity (Wildman–Crippen MR) is 108 cm³/mol. The summed E-state index contributed by atoms with van der Waals surface area (Å²) >= 11 is 0. The summed E-state index contributed by atoms with van der Waals surface area (Å²) < 4.78 is 23.6. The van der Waals surface area contributed by atoms with Gasteiger partial charge in [-0.15, -0.1) is 0 Å². The minimum absolute atomic E-state index is 0.0650. The van der Waals surface area contributed by atoms with Gasteiger partial charge in [0.15, 0.2) is 0 Å². The molecule has 162 valence electrons. The Bertz CT molecular complexity index is 851. The molecule has 1 aromatic rings. The lowest BCUT2D eigenvalue weighted by Gasteiger charge is -2.17. The molecule has 1 aliphatic rings. The van der Waals surface area contributed by atoms with E-state index in [1.807, 2.05) is 19.1 Å². The number of hydrogen-bond donors (Lipinski definition) is 2. The van der Waals surface area contributed by atoms with E-state index in [1.165, 1.54) is 24.3 Å². The fourth-order valence-electron chi connectivity index (χ4n) is 3.30. The summed E-state index contributed by atoms with van der Waals surface area (Å²) in [4.78, 5) is 23.8. The number of halogens is 1. The third kappa shape index (κ3) is 6.66. The molecule has 2 atom stereocenters. The number of esters is 1. The molecule has 0 radical (unpaired) electrons. The zero-order valence-corrected chi connectivity index (χ0v) is 17.1. The van der Waals surface area contributed by atoms with Crippen molar-refractivity contribution in [2.45, 2.75) is 44.8 Å². The Morgan fingerprint density at radius 3 is 2.83 bits per heavy atom. The molecule has 0 amide bonds. The van der Waals surface area contributed by atoms with Crippen LogP contribution in [0, 0.1) is 17.7 Å². The molecule has 2 rings (SSSR count). The summed E-state index contributed by atoms with van der Waals surface area (Å²) in [7, 11) is 1.04. The lowest BCUT2D eigenvalue weighted by atomic mass is 9.91. The van der Waals surface area contributed by atoms with E-state index >= 15 is 0 Å². The SMILES string of the molecule is CC/C=C/[C@H]1CCC(=O)[C@@H]1CC(=C=CCC(O)(O)C(=O)OC)Oc1cccc(F)c1. The Hall–Kier alpha value is -2.73. The summed E-state index contributed by atoms with van der Waals surface area (Å²) in [5.41, 5.74) is 2.79. The zero-order valence-electron chi connectivity index (χ0n) is 17.1. The lowest BCUT2D eigenvalue weighted by Crippen LogP contribution is -2.38. The van der Waals surface area contributed by atoms with Gasteiger partial charge in [0.25, 0.3) is 5.79 Å². The molecule has 0 heterocycles. The molecule has 0 aliphatic heterocycles. The first-order valence-corrected chi connectivity index (χ1v) is 9.86. The van der Waals surface area contributed by atoms with Crippen LogP contribution in [0.5, 0.6) is 5.75 Å². The minimum atomic E-state index is -2.71. The van der Waals surface area contributed by atoms with Crippen LogP contribution in [0.25, 0.3) is 0 Å². The average Bonchev–Trinajstić information content (AvgIpc) is 3.05. The Morgan fingerprint density at radius 1 is 1.40 bits per heavy atom. The number of rotatable bonds is 9. The van der Waals surface area contributed by atoms with Crippen LogP contribution >= 0.6 is 0 Å². The second kappa shape index (κ2) is 10.9. The van der Waals surface area contributed by atoms with E-state index in [1.54, 1.807) is 6.07 Å². The van der Waals surface area contributed by atoms with Crippen molar-refractivity contribution in [2.24, 2.45) is 11.8 Å². The van der Waals surface area contributed by atoms with Crippen LogP contribution < -0.4 is 4.74 Å². The topological polar surface area (TPSA) is 93.1 Å². The highest BCUT2D eigenvalue weighted by Crippen LogP contribution is 2.35. The van der Waals surface area contributed by atoms with Crippen molar-refractivity contribution in [1.82, 2.24) is 0 Å². The summed E-state index contributed by atoms with van der Waals surface area (Å²) in [5.74, 6) is -4.07. The number of hydrogen-bond acceptors (Lipinski definition) is 6. The highest BCUT2D eigenvalue weighted by atomic mass is 19.1. The minimum Gasteiger partial charge on any atom is -0.465 e. The van der Waals surface area contributed by atoms with Crippen LogP contribution in [0.15, 0.2) is 54.0 Å². The van der Waals surface area contributed by atoms with Gasteiger partial charge in [-0.2, -0.15) is 0 Å². The number of Topliss-reactive ketones (excluding diaryl/α,β-unsaturated/α-hetero) is 1. The molecular weight excluding hydrogens is 391 g/mol. The number of carbonyl (C=O) groups excluding carboxylic acids is 2. The number of benzene rings is 1. The fourth-order valence-corrected chi connectivity index (χ4v) is 3.30. The molecule has 1 fully saturated rings. The van der Waals surface area contributed by atoms with Crippen molar-refractivity contribution in [1.29, 1.82) is 0 Å². The largest absolute Gasteiger partial charge is 0.465 e. The molecule has 0 bridgehead atoms. The van der Waals surface area contributed by atoms with E-state index < -0.39 is 24.0 Å². The van der Waals surface area contributed by atoms with E-state index in [2.05, 4.69) is 10.5 Å². The van der Waals surface area contributed by atoms with Gasteiger partial charge in [0.1, 0.15) is 23.1 Å². The van der Waals surface area contributed by atoms with Gasteiger partial charge >= 0.3 is 5.97 Å². The monoisotopic (exact) mass is 418 g/mol. The lowest BCUT2D eigenvalue weighted by molar-refractivity contribution is -0.205. The predicted octanol–water partition coefficient (Wildman–Crippen LogP) is 3.44. The van der Waals surface area contributed by atoms with Crippen LogP contribution in [-0.4, -0.2) is 34.9 Å². The van der Waals surface area contributed by atoms with E-state index in [4.69, 9.17) is 4.74 Å². The molecule has 0 saturated heterocycles. The van der Waals surface area contributed by atoms with Gasteiger partial charge in [0.2, 0.25) is 0 Å². The Balaban J connectivity index is 2.28. The zero-order chi connectivity index (χ0) is 22.1. The van der Waals surface area contributed by atoms with Gasteiger partial charge in [-0.3, -0.25) is 4.79 Å². The Kier molecular flexibility index (Phi) is 8.54. The Labute approximate surface area is 175 Å². The summed E-state index contributed by atoms with van der Waals surface area (Å²) in [6.45, 7) is 2.01. The fraction of sp³-hybridized carbons (Fsp3) is 0.435. The second-order valence-electron chi connectivity index (χ2n) is 7.16. The van der Waals surface area contributed by atoms with Crippen molar-refractivity contribution in [2.75, 3.05) is 7.11 Å². The van der Waals surface area contributed by atoms with Gasteiger partial charge in [-0.1, -0.05) is 30.9 Å². The average molecular weight is 418 g/mol. The van der Waals surface area contributed by atoms with Crippen LogP contribution in [0.4, 0.5) is 4.39 Å².